The lowest BCUT2D eigenvalue weighted by molar-refractivity contribution is 0.241. The minimum Gasteiger partial charge on any atom is -0.339 e. The van der Waals surface area contributed by atoms with Crippen molar-refractivity contribution in [3.05, 3.63) is 0 Å². The zero-order valence-corrected chi connectivity index (χ0v) is 5.92. The Kier molecular flexibility index (Phi) is 3.29. The number of carbonyl (C=O) groups is 1. The van der Waals surface area contributed by atoms with E-state index in [1.54, 1.807) is 14.1 Å². The summed E-state index contributed by atoms with van der Waals surface area (Å²) in [6.07, 6.45) is 0. The molecule has 0 aliphatic heterocycles. The molecule has 0 spiro atoms. The number of hydrogen-bond donors (Lipinski definition) is 1. The summed E-state index contributed by atoms with van der Waals surface area (Å²) >= 11 is 3.68. The van der Waals surface area contributed by atoms with Crippen molar-refractivity contribution in [3.63, 3.8) is 0 Å². The molecule has 42 valence electrons. The number of hydrogen-bond acceptors (Lipinski definition) is 3. The summed E-state index contributed by atoms with van der Waals surface area (Å²) < 4.78 is 0. The second kappa shape index (κ2) is 3.21. The van der Waals surface area contributed by atoms with Gasteiger partial charge in [-0.15, -0.1) is 11.7 Å². The third kappa shape index (κ3) is 2.82. The first-order valence-corrected chi connectivity index (χ1v) is 3.58. The van der Waals surface area contributed by atoms with Crippen LogP contribution in [0.25, 0.3) is 0 Å². The Morgan fingerprint density at radius 3 is 2.14 bits per heavy atom. The maximum Gasteiger partial charge on any atom is 0.291 e. The molecular formula is C3H7NOS2. The van der Waals surface area contributed by atoms with E-state index in [2.05, 4.69) is 11.7 Å². The molecule has 0 saturated heterocycles. The smallest absolute Gasteiger partial charge is 0.291 e. The molecule has 2 nitrogen and oxygen atoms in total. The molecule has 0 aromatic carbocycles. The summed E-state index contributed by atoms with van der Waals surface area (Å²) in [5, 5.41) is -0.0386. The first-order valence-electron chi connectivity index (χ1n) is 1.71. The molecule has 4 heteroatoms. The van der Waals surface area contributed by atoms with Crippen LogP contribution >= 0.6 is 22.5 Å². The van der Waals surface area contributed by atoms with Gasteiger partial charge in [0.15, 0.2) is 0 Å². The lowest BCUT2D eigenvalue weighted by Gasteiger charge is -2.04. The summed E-state index contributed by atoms with van der Waals surface area (Å²) in [5.74, 6) is 0. The predicted molar refractivity (Wildman–Crippen MR) is 35.7 cm³/mol. The zero-order valence-electron chi connectivity index (χ0n) is 4.21. The number of carbonyl (C=O) groups excluding carboxylic acids is 1. The number of thiol groups is 1. The average Bonchev–Trinajstić information content (AvgIpc) is 1.65. The molecule has 0 aliphatic rings. The minimum atomic E-state index is -0.0386. The van der Waals surface area contributed by atoms with Gasteiger partial charge in [0, 0.05) is 24.9 Å². The van der Waals surface area contributed by atoms with Crippen LogP contribution in [0.2, 0.25) is 0 Å². The highest BCUT2D eigenvalue weighted by atomic mass is 33.1. The van der Waals surface area contributed by atoms with Gasteiger partial charge in [-0.2, -0.15) is 0 Å². The number of amides is 1. The van der Waals surface area contributed by atoms with Gasteiger partial charge in [-0.3, -0.25) is 4.79 Å². The predicted octanol–water partition coefficient (Wildman–Crippen LogP) is 1.25. The molecular weight excluding hydrogens is 130 g/mol. The minimum absolute atomic E-state index is 0.0386. The van der Waals surface area contributed by atoms with Gasteiger partial charge >= 0.3 is 0 Å². The van der Waals surface area contributed by atoms with Gasteiger partial charge in [0.1, 0.15) is 0 Å². The summed E-state index contributed by atoms with van der Waals surface area (Å²) in [4.78, 5) is 11.8. The fourth-order valence-corrected chi connectivity index (χ4v) is 0.735. The second-order valence-electron chi connectivity index (χ2n) is 1.25. The third-order valence-corrected chi connectivity index (χ3v) is 1.43. The van der Waals surface area contributed by atoms with E-state index in [-0.39, 0.29) is 5.24 Å². The van der Waals surface area contributed by atoms with Crippen LogP contribution in [0.5, 0.6) is 0 Å². The van der Waals surface area contributed by atoms with E-state index in [4.69, 9.17) is 0 Å². The first kappa shape index (κ1) is 7.17. The molecule has 0 unspecified atom stereocenters. The van der Waals surface area contributed by atoms with Gasteiger partial charge in [0.05, 0.1) is 0 Å². The molecule has 0 N–H and O–H groups in total. The Morgan fingerprint density at radius 2 is 2.14 bits per heavy atom. The van der Waals surface area contributed by atoms with Gasteiger partial charge in [-0.25, -0.2) is 0 Å². The van der Waals surface area contributed by atoms with E-state index in [0.29, 0.717) is 0 Å². The first-order chi connectivity index (χ1) is 3.18. The Labute approximate surface area is 52.1 Å². The van der Waals surface area contributed by atoms with E-state index in [1.165, 1.54) is 4.90 Å². The van der Waals surface area contributed by atoms with Crippen molar-refractivity contribution in [1.82, 2.24) is 4.90 Å². The van der Waals surface area contributed by atoms with E-state index < -0.39 is 0 Å². The van der Waals surface area contributed by atoms with Crippen molar-refractivity contribution in [2.24, 2.45) is 0 Å². The average molecular weight is 137 g/mol. The molecule has 0 fully saturated rings. The Hall–Kier alpha value is 0.170. The lowest BCUT2D eigenvalue weighted by Crippen LogP contribution is -2.14. The maximum atomic E-state index is 10.3. The summed E-state index contributed by atoms with van der Waals surface area (Å²) in [6, 6.07) is 0. The van der Waals surface area contributed by atoms with Crippen molar-refractivity contribution in [2.75, 3.05) is 14.1 Å². The monoisotopic (exact) mass is 137 g/mol. The molecule has 0 bridgehead atoms. The van der Waals surface area contributed by atoms with E-state index >= 15 is 0 Å². The molecule has 1 amide bonds. The molecule has 0 aliphatic carbocycles. The van der Waals surface area contributed by atoms with Crippen molar-refractivity contribution >= 4 is 27.7 Å². The SMILES string of the molecule is CN(C)C(=O)SS. The number of rotatable bonds is 0. The molecule has 0 atom stereocenters. The van der Waals surface area contributed by atoms with Crippen LogP contribution in [0, 0.1) is 0 Å². The lowest BCUT2D eigenvalue weighted by atomic mass is 11.0. The molecule has 0 radical (unpaired) electrons. The van der Waals surface area contributed by atoms with Crippen LogP contribution in [0.4, 0.5) is 4.79 Å². The number of nitrogens with zero attached hydrogens (tertiary/aromatic N) is 1. The summed E-state index contributed by atoms with van der Waals surface area (Å²) in [7, 11) is 4.29. The summed E-state index contributed by atoms with van der Waals surface area (Å²) in [6.45, 7) is 0. The van der Waals surface area contributed by atoms with Crippen molar-refractivity contribution in [1.29, 1.82) is 0 Å². The van der Waals surface area contributed by atoms with Crippen LogP contribution in [-0.4, -0.2) is 24.2 Å². The molecule has 0 aromatic rings. The second-order valence-corrected chi connectivity index (χ2v) is 2.33. The quantitative estimate of drug-likeness (QED) is 0.400. The van der Waals surface area contributed by atoms with Crippen LogP contribution in [-0.2, 0) is 0 Å². The highest BCUT2D eigenvalue weighted by Gasteiger charge is 1.97. The van der Waals surface area contributed by atoms with Crippen LogP contribution in [0.3, 0.4) is 0 Å². The van der Waals surface area contributed by atoms with Gasteiger partial charge < -0.3 is 4.90 Å². The van der Waals surface area contributed by atoms with Gasteiger partial charge in [-0.05, 0) is 0 Å². The maximum absolute atomic E-state index is 10.3. The fourth-order valence-electron chi connectivity index (χ4n) is 0.0816. The third-order valence-electron chi connectivity index (χ3n) is 0.443. The van der Waals surface area contributed by atoms with Gasteiger partial charge in [0.2, 0.25) is 0 Å². The molecule has 0 heterocycles. The van der Waals surface area contributed by atoms with Crippen LogP contribution < -0.4 is 0 Å². The molecule has 0 saturated carbocycles. The molecule has 0 rings (SSSR count). The topological polar surface area (TPSA) is 20.3 Å². The highest BCUT2D eigenvalue weighted by Crippen LogP contribution is 2.08. The Balaban J connectivity index is 3.35. The normalized spacial score (nSPS) is 8.43. The van der Waals surface area contributed by atoms with Gasteiger partial charge in [-0.1, -0.05) is 0 Å². The van der Waals surface area contributed by atoms with Crippen molar-refractivity contribution < 1.29 is 4.79 Å². The fraction of sp³-hybridized carbons (Fsp3) is 0.667. The van der Waals surface area contributed by atoms with E-state index in [9.17, 15) is 4.79 Å². The van der Waals surface area contributed by atoms with E-state index in [0.717, 1.165) is 10.8 Å². The summed E-state index contributed by atoms with van der Waals surface area (Å²) in [5.41, 5.74) is 0. The van der Waals surface area contributed by atoms with Gasteiger partial charge in [0.25, 0.3) is 5.24 Å². The Morgan fingerprint density at radius 1 is 1.71 bits per heavy atom. The van der Waals surface area contributed by atoms with Crippen LogP contribution in [0.1, 0.15) is 0 Å². The zero-order chi connectivity index (χ0) is 5.86. The molecule has 0 aromatic heterocycles. The van der Waals surface area contributed by atoms with Crippen molar-refractivity contribution in [3.8, 4) is 0 Å². The molecule has 7 heavy (non-hydrogen) atoms. The van der Waals surface area contributed by atoms with Crippen molar-refractivity contribution in [2.45, 2.75) is 0 Å². The van der Waals surface area contributed by atoms with Crippen LogP contribution in [0.15, 0.2) is 0 Å². The largest absolute Gasteiger partial charge is 0.339 e. The standard InChI is InChI=1S/C3H7NOS2/c1-4(2)3(5)7-6/h6H,1-2H3. The van der Waals surface area contributed by atoms with E-state index in [1.807, 2.05) is 0 Å². The Bertz CT molecular complexity index is 73.3. The highest BCUT2D eigenvalue weighted by molar-refractivity contribution is 8.74.